The van der Waals surface area contributed by atoms with Gasteiger partial charge in [-0.3, -0.25) is 14.5 Å². The molecule has 0 fully saturated rings. The molecule has 0 saturated heterocycles. The Labute approximate surface area is 59.3 Å². The van der Waals surface area contributed by atoms with Gasteiger partial charge in [0.15, 0.2) is 0 Å². The first-order valence-electron chi connectivity index (χ1n) is 2.91. The normalized spacial score (nSPS) is 12.7. The molecule has 1 aliphatic heterocycles. The molecule has 56 valence electrons. The van der Waals surface area contributed by atoms with Crippen molar-refractivity contribution in [1.29, 1.82) is 0 Å². The van der Waals surface area contributed by atoms with Crippen molar-refractivity contribution < 1.29 is 18.8 Å². The molecule has 2 aromatic heterocycles. The molecule has 3 heterocycles. The number of fused-ring (bicyclic) bond motifs is 4. The van der Waals surface area contributed by atoms with Crippen LogP contribution < -0.4 is 5.32 Å². The molecule has 11 heavy (non-hydrogen) atoms. The van der Waals surface area contributed by atoms with E-state index in [4.69, 9.17) is 4.52 Å². The van der Waals surface area contributed by atoms with Gasteiger partial charge in [-0.2, -0.15) is 0 Å². The second-order valence-electron chi connectivity index (χ2n) is 2.16. The van der Waals surface area contributed by atoms with Gasteiger partial charge in [-0.1, -0.05) is 5.16 Å². The molecule has 0 atom stereocenters. The summed E-state index contributed by atoms with van der Waals surface area (Å²) in [4.78, 5) is 0. The van der Waals surface area contributed by atoms with Crippen LogP contribution in [0.3, 0.4) is 0 Å². The highest BCUT2D eigenvalue weighted by Gasteiger charge is 2.34. The maximum atomic E-state index is 9.22. The third kappa shape index (κ3) is 0.389. The lowest BCUT2D eigenvalue weighted by atomic mass is 10.2. The third-order valence-corrected chi connectivity index (χ3v) is 1.52. The van der Waals surface area contributed by atoms with Gasteiger partial charge in [-0.05, 0) is 0 Å². The van der Waals surface area contributed by atoms with Crippen LogP contribution in [0.2, 0.25) is 0 Å². The average Bonchev–Trinajstić information content (AvgIpc) is 2.20. The third-order valence-electron chi connectivity index (χ3n) is 1.52. The van der Waals surface area contributed by atoms with Gasteiger partial charge >= 0.3 is 5.88 Å². The Morgan fingerprint density at radius 1 is 1.27 bits per heavy atom. The standard InChI is InChI=1S/C5H2N2O4/c8-1-2-3-5(11-10-3)6-4(1)7-9-2/h8H,(H,6,7). The van der Waals surface area contributed by atoms with Crippen molar-refractivity contribution in [2.75, 3.05) is 5.32 Å². The lowest BCUT2D eigenvalue weighted by Crippen LogP contribution is -1.98. The molecule has 2 aromatic rings. The monoisotopic (exact) mass is 154 g/mol. The number of nitrogens with one attached hydrogen (secondary N) is 1. The molecular weight excluding hydrogens is 152 g/mol. The zero-order valence-corrected chi connectivity index (χ0v) is 5.12. The average molecular weight is 154 g/mol. The molecule has 6 heteroatoms. The highest BCUT2D eigenvalue weighted by atomic mass is 17.0. The Kier molecular flexibility index (Phi) is 0.562. The lowest BCUT2D eigenvalue weighted by molar-refractivity contribution is 0.0241. The molecule has 6 nitrogen and oxygen atoms in total. The largest absolute Gasteiger partial charge is 0.501 e. The molecule has 1 aliphatic rings. The van der Waals surface area contributed by atoms with Gasteiger partial charge in [0.25, 0.3) is 11.5 Å². The van der Waals surface area contributed by atoms with Gasteiger partial charge in [0.05, 0.1) is 0 Å². The van der Waals surface area contributed by atoms with E-state index in [1.165, 1.54) is 0 Å². The molecule has 0 saturated carbocycles. The van der Waals surface area contributed by atoms with Crippen molar-refractivity contribution in [2.45, 2.75) is 0 Å². The predicted octanol–water partition coefficient (Wildman–Crippen LogP) is 1.29. The zero-order chi connectivity index (χ0) is 7.42. The summed E-state index contributed by atoms with van der Waals surface area (Å²) < 4.78 is 13.8. The Morgan fingerprint density at radius 3 is 2.91 bits per heavy atom. The van der Waals surface area contributed by atoms with E-state index in [-0.39, 0.29) is 17.3 Å². The molecule has 0 aliphatic carbocycles. The van der Waals surface area contributed by atoms with Crippen molar-refractivity contribution in [3.05, 3.63) is 0 Å². The van der Waals surface area contributed by atoms with Crippen molar-refractivity contribution in [2.24, 2.45) is 0 Å². The summed E-state index contributed by atoms with van der Waals surface area (Å²) in [6.07, 6.45) is 0. The number of anilines is 2. The van der Waals surface area contributed by atoms with Crippen molar-refractivity contribution in [3.8, 4) is 17.3 Å². The molecule has 0 aromatic carbocycles. The van der Waals surface area contributed by atoms with E-state index in [0.29, 0.717) is 11.6 Å². The van der Waals surface area contributed by atoms with Crippen molar-refractivity contribution in [1.82, 2.24) is 5.16 Å². The van der Waals surface area contributed by atoms with Crippen LogP contribution in [0.25, 0.3) is 11.5 Å². The van der Waals surface area contributed by atoms with E-state index in [0.717, 1.165) is 0 Å². The Morgan fingerprint density at radius 2 is 2.18 bits per heavy atom. The number of aromatic nitrogens is 1. The number of rotatable bonds is 0. The summed E-state index contributed by atoms with van der Waals surface area (Å²) in [5.41, 5.74) is 0. The molecule has 3 rings (SSSR count). The van der Waals surface area contributed by atoms with Crippen LogP contribution in [0.1, 0.15) is 0 Å². The van der Waals surface area contributed by atoms with Crippen LogP contribution in [-0.4, -0.2) is 10.3 Å². The van der Waals surface area contributed by atoms with E-state index in [9.17, 15) is 5.11 Å². The van der Waals surface area contributed by atoms with Gasteiger partial charge in [0.2, 0.25) is 11.6 Å². The Bertz CT molecular complexity index is 409. The maximum absolute atomic E-state index is 9.22. The van der Waals surface area contributed by atoms with Crippen LogP contribution in [0.4, 0.5) is 11.7 Å². The van der Waals surface area contributed by atoms with Gasteiger partial charge < -0.3 is 9.63 Å². The number of aromatic hydroxyl groups is 1. The SMILES string of the molecule is Oc1c2noc1-c1ooc1N2. The van der Waals surface area contributed by atoms with Crippen LogP contribution in [0.5, 0.6) is 5.75 Å². The number of hydrogen-bond donors (Lipinski definition) is 2. The first kappa shape index (κ1) is 4.89. The summed E-state index contributed by atoms with van der Waals surface area (Å²) in [6, 6.07) is 0. The van der Waals surface area contributed by atoms with Gasteiger partial charge in [-0.25, -0.2) is 0 Å². The van der Waals surface area contributed by atoms with Crippen LogP contribution >= 0.6 is 0 Å². The second-order valence-corrected chi connectivity index (χ2v) is 2.16. The fourth-order valence-corrected chi connectivity index (χ4v) is 0.967. The molecule has 0 radical (unpaired) electrons. The smallest absolute Gasteiger partial charge is 0.301 e. The van der Waals surface area contributed by atoms with Crippen LogP contribution in [0, 0.1) is 0 Å². The van der Waals surface area contributed by atoms with Gasteiger partial charge in [-0.15, -0.1) is 0 Å². The highest BCUT2D eigenvalue weighted by Crippen LogP contribution is 2.47. The zero-order valence-electron chi connectivity index (χ0n) is 5.12. The first-order chi connectivity index (χ1) is 5.36. The topological polar surface area (TPSA) is 84.6 Å². The van der Waals surface area contributed by atoms with E-state index in [1.54, 1.807) is 0 Å². The van der Waals surface area contributed by atoms with E-state index < -0.39 is 0 Å². The molecule has 2 bridgehead atoms. The fraction of sp³-hybridized carbons (Fsp3) is 0. The fourth-order valence-electron chi connectivity index (χ4n) is 0.967. The van der Waals surface area contributed by atoms with Crippen LogP contribution in [-0.2, 0) is 0 Å². The van der Waals surface area contributed by atoms with Crippen molar-refractivity contribution >= 4 is 11.7 Å². The Hall–Kier alpha value is -1.85. The minimum atomic E-state index is -0.0490. The molecule has 0 amide bonds. The van der Waals surface area contributed by atoms with Gasteiger partial charge in [0.1, 0.15) is 0 Å². The second kappa shape index (κ2) is 1.26. The predicted molar refractivity (Wildman–Crippen MR) is 31.4 cm³/mol. The Balaban J connectivity index is 2.39. The first-order valence-corrected chi connectivity index (χ1v) is 2.91. The highest BCUT2D eigenvalue weighted by molar-refractivity contribution is 5.82. The summed E-state index contributed by atoms with van der Waals surface area (Å²) in [5, 5.41) is 15.4. The molecule has 2 N–H and O–H groups in total. The maximum Gasteiger partial charge on any atom is 0.301 e. The summed E-state index contributed by atoms with van der Waals surface area (Å²) >= 11 is 0. The minimum Gasteiger partial charge on any atom is -0.501 e. The quantitative estimate of drug-likeness (QED) is 0.474. The number of hydrogen-bond acceptors (Lipinski definition) is 6. The van der Waals surface area contributed by atoms with Gasteiger partial charge in [0, 0.05) is 0 Å². The minimum absolute atomic E-state index is 0.0490. The van der Waals surface area contributed by atoms with Crippen molar-refractivity contribution in [3.63, 3.8) is 0 Å². The molecule has 0 spiro atoms. The summed E-state index contributed by atoms with van der Waals surface area (Å²) in [7, 11) is 0. The number of nitrogens with zero attached hydrogens (tertiary/aromatic N) is 1. The van der Waals surface area contributed by atoms with E-state index in [2.05, 4.69) is 19.6 Å². The summed E-state index contributed by atoms with van der Waals surface area (Å²) in [6.45, 7) is 0. The van der Waals surface area contributed by atoms with Crippen LogP contribution in [0.15, 0.2) is 13.7 Å². The van der Waals surface area contributed by atoms with E-state index in [1.807, 2.05) is 0 Å². The van der Waals surface area contributed by atoms with E-state index >= 15 is 0 Å². The molecular formula is C5H2N2O4. The molecule has 0 unspecified atom stereocenters. The summed E-state index contributed by atoms with van der Waals surface area (Å²) in [5.74, 6) is 1.19. The lowest BCUT2D eigenvalue weighted by Gasteiger charge is -2.08.